The van der Waals surface area contributed by atoms with Gasteiger partial charge >= 0.3 is 0 Å². The molecule has 1 aromatic rings. The average molecular weight is 250 g/mol. The Bertz CT molecular complexity index is 471. The van der Waals surface area contributed by atoms with Crippen LogP contribution < -0.4 is 11.5 Å². The summed E-state index contributed by atoms with van der Waals surface area (Å²) in [5.41, 5.74) is 12.4. The number of hydrogen-bond acceptors (Lipinski definition) is 4. The van der Waals surface area contributed by atoms with E-state index in [1.807, 2.05) is 0 Å². The minimum atomic E-state index is -0.303. The van der Waals surface area contributed by atoms with E-state index in [0.717, 1.165) is 0 Å². The van der Waals surface area contributed by atoms with E-state index in [1.165, 1.54) is 15.9 Å². The third-order valence-electron chi connectivity index (χ3n) is 2.52. The quantitative estimate of drug-likeness (QED) is 0.739. The number of benzene rings is 1. The van der Waals surface area contributed by atoms with Gasteiger partial charge in [0, 0.05) is 32.5 Å². The van der Waals surface area contributed by atoms with E-state index < -0.39 is 0 Å². The maximum atomic E-state index is 12.1. The van der Waals surface area contributed by atoms with E-state index in [2.05, 4.69) is 0 Å². The van der Waals surface area contributed by atoms with E-state index in [-0.39, 0.29) is 18.4 Å². The van der Waals surface area contributed by atoms with Crippen molar-refractivity contribution < 1.29 is 9.59 Å². The topological polar surface area (TPSA) is 92.7 Å². The van der Waals surface area contributed by atoms with Crippen molar-refractivity contribution in [3.05, 3.63) is 23.8 Å². The zero-order valence-electron chi connectivity index (χ0n) is 10.8. The molecule has 0 aliphatic rings. The summed E-state index contributed by atoms with van der Waals surface area (Å²) in [5.74, 6) is -0.456. The lowest BCUT2D eigenvalue weighted by Gasteiger charge is -2.20. The summed E-state index contributed by atoms with van der Waals surface area (Å²) in [6.45, 7) is 0.00957. The number of anilines is 2. The number of carbonyl (C=O) groups is 2. The Morgan fingerprint density at radius 1 is 1.17 bits per heavy atom. The number of carbonyl (C=O) groups excluding carboxylic acids is 2. The standard InChI is InChI=1S/C12H18N4O2/c1-15(2)11(17)7-16(3)12(18)9-5-4-8(13)6-10(9)14/h4-6H,7,13-14H2,1-3H3. The number of amides is 2. The molecule has 0 aromatic heterocycles. The number of nitrogens with two attached hydrogens (primary N) is 2. The largest absolute Gasteiger partial charge is 0.399 e. The van der Waals surface area contributed by atoms with E-state index in [1.54, 1.807) is 33.3 Å². The Labute approximate surface area is 106 Å². The van der Waals surface area contributed by atoms with Gasteiger partial charge in [0.1, 0.15) is 0 Å². The summed E-state index contributed by atoms with van der Waals surface area (Å²) in [6, 6.07) is 4.68. The second-order valence-electron chi connectivity index (χ2n) is 4.30. The Morgan fingerprint density at radius 2 is 1.78 bits per heavy atom. The molecule has 6 nitrogen and oxygen atoms in total. The molecule has 0 aliphatic carbocycles. The van der Waals surface area contributed by atoms with Gasteiger partial charge in [-0.2, -0.15) is 0 Å². The predicted octanol–water partition coefficient (Wildman–Crippen LogP) is 0.0112. The minimum absolute atomic E-state index is 0.00957. The first-order valence-corrected chi connectivity index (χ1v) is 5.43. The molecule has 0 atom stereocenters. The summed E-state index contributed by atoms with van der Waals surface area (Å²) in [4.78, 5) is 26.3. The second kappa shape index (κ2) is 5.39. The molecule has 1 aromatic carbocycles. The highest BCUT2D eigenvalue weighted by Gasteiger charge is 2.17. The predicted molar refractivity (Wildman–Crippen MR) is 70.9 cm³/mol. The van der Waals surface area contributed by atoms with Crippen LogP contribution in [0.25, 0.3) is 0 Å². The first-order chi connectivity index (χ1) is 8.32. The van der Waals surface area contributed by atoms with Crippen molar-refractivity contribution in [2.24, 2.45) is 0 Å². The van der Waals surface area contributed by atoms with E-state index >= 15 is 0 Å². The van der Waals surface area contributed by atoms with Gasteiger partial charge in [0.15, 0.2) is 0 Å². The van der Waals surface area contributed by atoms with Gasteiger partial charge in [0.05, 0.1) is 12.1 Å². The van der Waals surface area contributed by atoms with Crippen LogP contribution in [0.4, 0.5) is 11.4 Å². The van der Waals surface area contributed by atoms with Crippen LogP contribution in [-0.4, -0.2) is 49.3 Å². The highest BCUT2D eigenvalue weighted by atomic mass is 16.2. The van der Waals surface area contributed by atoms with Crippen molar-refractivity contribution in [3.63, 3.8) is 0 Å². The number of nitrogens with zero attached hydrogens (tertiary/aromatic N) is 2. The molecule has 18 heavy (non-hydrogen) atoms. The second-order valence-corrected chi connectivity index (χ2v) is 4.30. The highest BCUT2D eigenvalue weighted by Crippen LogP contribution is 2.17. The summed E-state index contributed by atoms with van der Waals surface area (Å²) in [7, 11) is 4.83. The van der Waals surface area contributed by atoms with Crippen LogP contribution in [0.3, 0.4) is 0 Å². The Balaban J connectivity index is 2.84. The van der Waals surface area contributed by atoms with Crippen LogP contribution in [0.1, 0.15) is 10.4 Å². The number of likely N-dealkylation sites (N-methyl/N-ethyl adjacent to an activating group) is 2. The van der Waals surface area contributed by atoms with Crippen molar-refractivity contribution in [1.29, 1.82) is 0 Å². The van der Waals surface area contributed by atoms with Crippen LogP contribution in [0.2, 0.25) is 0 Å². The van der Waals surface area contributed by atoms with Crippen molar-refractivity contribution in [3.8, 4) is 0 Å². The zero-order valence-corrected chi connectivity index (χ0v) is 10.8. The van der Waals surface area contributed by atoms with Gasteiger partial charge in [-0.25, -0.2) is 0 Å². The van der Waals surface area contributed by atoms with Crippen molar-refractivity contribution in [1.82, 2.24) is 9.80 Å². The van der Waals surface area contributed by atoms with E-state index in [9.17, 15) is 9.59 Å². The average Bonchev–Trinajstić information content (AvgIpc) is 2.27. The zero-order chi connectivity index (χ0) is 13.9. The lowest BCUT2D eigenvalue weighted by atomic mass is 10.1. The fourth-order valence-corrected chi connectivity index (χ4v) is 1.40. The molecule has 0 unspecified atom stereocenters. The lowest BCUT2D eigenvalue weighted by Crippen LogP contribution is -2.38. The molecule has 0 saturated heterocycles. The molecule has 0 saturated carbocycles. The fourth-order valence-electron chi connectivity index (χ4n) is 1.40. The SMILES string of the molecule is CN(C)C(=O)CN(C)C(=O)c1ccc(N)cc1N. The summed E-state index contributed by atoms with van der Waals surface area (Å²) >= 11 is 0. The maximum absolute atomic E-state index is 12.1. The first-order valence-electron chi connectivity index (χ1n) is 5.43. The van der Waals surface area contributed by atoms with Crippen molar-refractivity contribution >= 4 is 23.2 Å². The molecule has 0 bridgehead atoms. The number of nitrogen functional groups attached to an aromatic ring is 2. The summed E-state index contributed by atoms with van der Waals surface area (Å²) < 4.78 is 0. The Hall–Kier alpha value is -2.24. The molecule has 0 heterocycles. The van der Waals surface area contributed by atoms with Crippen LogP contribution in [0.5, 0.6) is 0 Å². The van der Waals surface area contributed by atoms with Crippen LogP contribution in [-0.2, 0) is 4.79 Å². The molecular weight excluding hydrogens is 232 g/mol. The lowest BCUT2D eigenvalue weighted by molar-refractivity contribution is -0.129. The van der Waals surface area contributed by atoms with Gasteiger partial charge in [-0.3, -0.25) is 9.59 Å². The smallest absolute Gasteiger partial charge is 0.256 e. The third kappa shape index (κ3) is 3.13. The maximum Gasteiger partial charge on any atom is 0.256 e. The molecule has 2 amide bonds. The van der Waals surface area contributed by atoms with E-state index in [0.29, 0.717) is 16.9 Å². The van der Waals surface area contributed by atoms with Crippen LogP contribution >= 0.6 is 0 Å². The Kier molecular flexibility index (Phi) is 4.14. The molecule has 4 N–H and O–H groups in total. The van der Waals surface area contributed by atoms with Crippen molar-refractivity contribution in [2.75, 3.05) is 39.2 Å². The van der Waals surface area contributed by atoms with E-state index in [4.69, 9.17) is 11.5 Å². The first kappa shape index (κ1) is 13.8. The van der Waals surface area contributed by atoms with Gasteiger partial charge < -0.3 is 21.3 Å². The fraction of sp³-hybridized carbons (Fsp3) is 0.333. The minimum Gasteiger partial charge on any atom is -0.399 e. The monoisotopic (exact) mass is 250 g/mol. The Morgan fingerprint density at radius 3 is 2.28 bits per heavy atom. The summed E-state index contributed by atoms with van der Waals surface area (Å²) in [5, 5.41) is 0. The molecular formula is C12H18N4O2. The van der Waals surface area contributed by atoms with Crippen molar-refractivity contribution in [2.45, 2.75) is 0 Å². The van der Waals surface area contributed by atoms with Gasteiger partial charge in [0.2, 0.25) is 5.91 Å². The third-order valence-corrected chi connectivity index (χ3v) is 2.52. The van der Waals surface area contributed by atoms with Crippen LogP contribution in [0.15, 0.2) is 18.2 Å². The molecule has 0 spiro atoms. The van der Waals surface area contributed by atoms with Crippen LogP contribution in [0, 0.1) is 0 Å². The molecule has 6 heteroatoms. The molecule has 0 aliphatic heterocycles. The van der Waals surface area contributed by atoms with Gasteiger partial charge in [-0.05, 0) is 18.2 Å². The molecule has 0 radical (unpaired) electrons. The van der Waals surface area contributed by atoms with Gasteiger partial charge in [-0.15, -0.1) is 0 Å². The summed E-state index contributed by atoms with van der Waals surface area (Å²) in [6.07, 6.45) is 0. The number of hydrogen-bond donors (Lipinski definition) is 2. The normalized spacial score (nSPS) is 9.94. The van der Waals surface area contributed by atoms with Gasteiger partial charge in [0.25, 0.3) is 5.91 Å². The molecule has 0 fully saturated rings. The number of rotatable bonds is 3. The molecule has 98 valence electrons. The highest BCUT2D eigenvalue weighted by molar-refractivity contribution is 6.01. The molecule has 1 rings (SSSR count). The van der Waals surface area contributed by atoms with Gasteiger partial charge in [-0.1, -0.05) is 0 Å².